The van der Waals surface area contributed by atoms with Crippen molar-refractivity contribution in [3.63, 3.8) is 0 Å². The second-order valence-corrected chi connectivity index (χ2v) is 7.24. The second kappa shape index (κ2) is 9.01. The third kappa shape index (κ3) is 4.89. The molecule has 2 rings (SSSR count). The molecule has 0 radical (unpaired) electrons. The molecule has 17 heteroatoms. The van der Waals surface area contributed by atoms with E-state index in [-0.39, 0.29) is 44.7 Å². The minimum Gasteiger partial charge on any atom is -0.731 e. The van der Waals surface area contributed by atoms with Crippen molar-refractivity contribution in [1.82, 2.24) is 19.9 Å². The Labute approximate surface area is 184 Å². The summed E-state index contributed by atoms with van der Waals surface area (Å²) in [6.07, 6.45) is 0. The zero-order valence-corrected chi connectivity index (χ0v) is 18.1. The molecule has 1 aromatic rings. The van der Waals surface area contributed by atoms with Gasteiger partial charge in [0, 0.05) is 5.38 Å². The number of anilines is 1. The predicted octanol–water partition coefficient (Wildman–Crippen LogP) is -6.23. The maximum Gasteiger partial charge on any atom is 1.00 e. The van der Waals surface area contributed by atoms with Crippen LogP contribution in [0, 0.1) is 0 Å². The molecule has 0 aromatic carbocycles. The van der Waals surface area contributed by atoms with Crippen molar-refractivity contribution in [1.29, 1.82) is 0 Å². The minimum absolute atomic E-state index is 0. The van der Waals surface area contributed by atoms with Gasteiger partial charge in [-0.25, -0.2) is 27.3 Å². The van der Waals surface area contributed by atoms with Gasteiger partial charge in [0.25, 0.3) is 5.91 Å². The monoisotopic (exact) mass is 444 g/mol. The molecule has 4 amide bonds. The molecule has 1 fully saturated rings. The number of carbonyl (C=O) groups excluding carboxylic acids is 4. The molecule has 0 bridgehead atoms. The van der Waals surface area contributed by atoms with Crippen molar-refractivity contribution in [3.05, 3.63) is 11.1 Å². The van der Waals surface area contributed by atoms with Gasteiger partial charge in [-0.3, -0.25) is 9.59 Å². The number of primary amides is 1. The minimum atomic E-state index is -5.31. The van der Waals surface area contributed by atoms with Crippen LogP contribution in [0.5, 0.6) is 0 Å². The van der Waals surface area contributed by atoms with E-state index < -0.39 is 52.2 Å². The quantitative estimate of drug-likeness (QED) is 0.140. The summed E-state index contributed by atoms with van der Waals surface area (Å²) >= 11 is 0.954. The average Bonchev–Trinajstić information content (AvgIpc) is 2.98. The van der Waals surface area contributed by atoms with Crippen LogP contribution in [0.4, 0.5) is 9.93 Å². The molecular formula is C11H13N6NaO8S2. The largest absolute Gasteiger partial charge is 1.00 e. The van der Waals surface area contributed by atoms with Crippen LogP contribution in [-0.2, 0) is 29.4 Å². The Kier molecular flexibility index (Phi) is 7.74. The fourth-order valence-corrected chi connectivity index (χ4v) is 3.70. The van der Waals surface area contributed by atoms with Gasteiger partial charge in [0.05, 0.1) is 12.8 Å². The van der Waals surface area contributed by atoms with Gasteiger partial charge in [-0.1, -0.05) is 0 Å². The third-order valence-corrected chi connectivity index (χ3v) is 5.00. The SMILES string of the molecule is COC(=O)[C@H]1[C@@H](NC(=O)C(NC(N)=O)c2csc(N)n2)C(=O)N1S(=O)(=O)[O-].[Na+]. The van der Waals surface area contributed by atoms with Crippen molar-refractivity contribution in [2.24, 2.45) is 5.73 Å². The van der Waals surface area contributed by atoms with E-state index in [9.17, 15) is 32.1 Å². The van der Waals surface area contributed by atoms with E-state index >= 15 is 0 Å². The van der Waals surface area contributed by atoms with Crippen LogP contribution in [0.25, 0.3) is 0 Å². The van der Waals surface area contributed by atoms with Crippen LogP contribution < -0.4 is 51.7 Å². The summed E-state index contributed by atoms with van der Waals surface area (Å²) in [6.45, 7) is 0. The normalized spacial score (nSPS) is 19.6. The summed E-state index contributed by atoms with van der Waals surface area (Å²) in [5.74, 6) is -3.63. The molecule has 28 heavy (non-hydrogen) atoms. The van der Waals surface area contributed by atoms with Gasteiger partial charge in [-0.05, 0) is 0 Å². The molecule has 0 saturated carbocycles. The Balaban J connectivity index is 0.00000392. The number of urea groups is 1. The van der Waals surface area contributed by atoms with Crippen molar-refractivity contribution in [2.45, 2.75) is 18.1 Å². The summed E-state index contributed by atoms with van der Waals surface area (Å²) in [4.78, 5) is 51.1. The first-order valence-electron chi connectivity index (χ1n) is 6.91. The van der Waals surface area contributed by atoms with Crippen LogP contribution in [-0.4, -0.2) is 65.3 Å². The molecule has 6 N–H and O–H groups in total. The predicted molar refractivity (Wildman–Crippen MR) is 86.3 cm³/mol. The van der Waals surface area contributed by atoms with Crippen molar-refractivity contribution < 1.29 is 66.4 Å². The van der Waals surface area contributed by atoms with Gasteiger partial charge in [0.2, 0.25) is 5.91 Å². The van der Waals surface area contributed by atoms with Crippen LogP contribution >= 0.6 is 11.3 Å². The maximum absolute atomic E-state index is 12.4. The molecule has 0 spiro atoms. The van der Waals surface area contributed by atoms with Crippen LogP contribution in [0.2, 0.25) is 0 Å². The first-order valence-corrected chi connectivity index (χ1v) is 9.16. The first kappa shape index (κ1) is 24.1. The molecular weight excluding hydrogens is 431 g/mol. The Hall–Kier alpha value is -1.98. The number of ether oxygens (including phenoxy) is 1. The molecule has 0 aliphatic carbocycles. The van der Waals surface area contributed by atoms with Crippen LogP contribution in [0.3, 0.4) is 0 Å². The van der Waals surface area contributed by atoms with E-state index in [1.165, 1.54) is 5.38 Å². The second-order valence-electron chi connectivity index (χ2n) is 5.10. The number of methoxy groups -OCH3 is 1. The van der Waals surface area contributed by atoms with Gasteiger partial charge in [0.15, 0.2) is 27.5 Å². The molecule has 1 aliphatic rings. The van der Waals surface area contributed by atoms with Crippen molar-refractivity contribution in [2.75, 3.05) is 12.8 Å². The number of nitrogens with zero attached hydrogens (tertiary/aromatic N) is 2. The number of amides is 4. The molecule has 1 aliphatic heterocycles. The van der Waals surface area contributed by atoms with Crippen LogP contribution in [0.1, 0.15) is 11.7 Å². The van der Waals surface area contributed by atoms with E-state index in [1.54, 1.807) is 0 Å². The fraction of sp³-hybridized carbons (Fsp3) is 0.364. The molecule has 3 atom stereocenters. The summed E-state index contributed by atoms with van der Waals surface area (Å²) in [5, 5.41) is 5.55. The van der Waals surface area contributed by atoms with Crippen LogP contribution in [0.15, 0.2) is 5.38 Å². The summed E-state index contributed by atoms with van der Waals surface area (Å²) in [7, 11) is -4.41. The van der Waals surface area contributed by atoms with E-state index in [4.69, 9.17) is 11.5 Å². The molecule has 1 unspecified atom stereocenters. The molecule has 148 valence electrons. The number of carbonyl (C=O) groups is 4. The summed E-state index contributed by atoms with van der Waals surface area (Å²) < 4.78 is 37.5. The zero-order valence-electron chi connectivity index (χ0n) is 14.4. The molecule has 14 nitrogen and oxygen atoms in total. The Morgan fingerprint density at radius 3 is 2.46 bits per heavy atom. The topological polar surface area (TPSA) is 227 Å². The number of hydrogen-bond acceptors (Lipinski definition) is 11. The Morgan fingerprint density at radius 2 is 2.04 bits per heavy atom. The van der Waals surface area contributed by atoms with Gasteiger partial charge < -0.3 is 31.4 Å². The average molecular weight is 444 g/mol. The number of rotatable bonds is 6. The number of esters is 1. The standard InChI is InChI=1S/C11H14N6O8S2.Na/c1-25-9(20)6-5(8(19)17(6)27(22,23)24)15-7(18)4(16-10(12)21)3-2-26-11(13)14-3;/h2,4-6H,1H3,(H2,13,14)(H,15,18)(H3,12,16,21)(H,22,23,24);/q;+1/p-1/t4?,5-,6-;/m1./s1. The van der Waals surface area contributed by atoms with Gasteiger partial charge in [-0.2, -0.15) is 0 Å². The molecule has 1 saturated heterocycles. The number of hydrogen-bond donors (Lipinski definition) is 4. The summed E-state index contributed by atoms with van der Waals surface area (Å²) in [6, 6.07) is -6.18. The number of thiazole rings is 1. The number of aromatic nitrogens is 1. The van der Waals surface area contributed by atoms with E-state index in [0.717, 1.165) is 18.4 Å². The number of nitrogens with two attached hydrogens (primary N) is 2. The fourth-order valence-electron chi connectivity index (χ4n) is 2.29. The first-order chi connectivity index (χ1) is 12.5. The summed E-state index contributed by atoms with van der Waals surface area (Å²) in [5.41, 5.74) is 10.5. The van der Waals surface area contributed by atoms with Gasteiger partial charge >= 0.3 is 41.6 Å². The molecule has 2 heterocycles. The Morgan fingerprint density at radius 1 is 1.43 bits per heavy atom. The van der Waals surface area contributed by atoms with Gasteiger partial charge in [0.1, 0.15) is 6.04 Å². The zero-order chi connectivity index (χ0) is 20.5. The maximum atomic E-state index is 12.4. The van der Waals surface area contributed by atoms with Crippen molar-refractivity contribution >= 4 is 50.6 Å². The van der Waals surface area contributed by atoms with E-state index in [2.05, 4.69) is 20.4 Å². The number of β-lactam (4-membered cyclic amide) rings is 1. The number of nitrogens with one attached hydrogen (secondary N) is 2. The van der Waals surface area contributed by atoms with E-state index in [0.29, 0.717) is 0 Å². The van der Waals surface area contributed by atoms with E-state index in [1.807, 2.05) is 0 Å². The smallest absolute Gasteiger partial charge is 0.731 e. The van der Waals surface area contributed by atoms with Crippen molar-refractivity contribution in [3.8, 4) is 0 Å². The Bertz CT molecular complexity index is 905. The number of nitrogen functional groups attached to an aromatic ring is 1. The van der Waals surface area contributed by atoms with Gasteiger partial charge in [-0.15, -0.1) is 11.3 Å². The third-order valence-electron chi connectivity index (χ3n) is 3.42. The molecule has 1 aromatic heterocycles.